The third kappa shape index (κ3) is 4.38. The van der Waals surface area contributed by atoms with Crippen LogP contribution in [0.15, 0.2) is 45.4 Å². The van der Waals surface area contributed by atoms with Crippen molar-refractivity contribution in [1.29, 1.82) is 0 Å². The van der Waals surface area contributed by atoms with Gasteiger partial charge >= 0.3 is 12.2 Å². The molecule has 8 nitrogen and oxygen atoms in total. The summed E-state index contributed by atoms with van der Waals surface area (Å²) in [5.41, 5.74) is 0.606. The van der Waals surface area contributed by atoms with Gasteiger partial charge in [-0.05, 0) is 31.6 Å². The van der Waals surface area contributed by atoms with E-state index in [0.29, 0.717) is 36.8 Å². The molecule has 3 aliphatic rings. The van der Waals surface area contributed by atoms with E-state index in [1.54, 1.807) is 12.1 Å². The predicted octanol–water partition coefficient (Wildman–Crippen LogP) is 3.10. The number of nitrogens with zero attached hydrogens (tertiary/aromatic N) is 3. The largest absolute Gasteiger partial charge is 0.408 e. The van der Waals surface area contributed by atoms with Crippen molar-refractivity contribution in [2.45, 2.75) is 37.6 Å². The van der Waals surface area contributed by atoms with E-state index < -0.39 is 30.2 Å². The van der Waals surface area contributed by atoms with Crippen LogP contribution in [0.4, 0.5) is 23.8 Å². The summed E-state index contributed by atoms with van der Waals surface area (Å²) in [6.07, 6.45) is -0.860. The van der Waals surface area contributed by atoms with Crippen LogP contribution in [0, 0.1) is 0 Å². The molecule has 3 N–H and O–H groups in total. The van der Waals surface area contributed by atoms with Crippen molar-refractivity contribution in [2.24, 2.45) is 0 Å². The van der Waals surface area contributed by atoms with Gasteiger partial charge in [0.25, 0.3) is 0 Å². The normalized spacial score (nSPS) is 23.2. The van der Waals surface area contributed by atoms with Crippen molar-refractivity contribution in [3.8, 4) is 0 Å². The van der Waals surface area contributed by atoms with Gasteiger partial charge < -0.3 is 15.5 Å². The van der Waals surface area contributed by atoms with Gasteiger partial charge in [-0.25, -0.2) is 9.78 Å². The fraction of sp³-hybridized carbons (Fsp3) is 0.421. The first kappa shape index (κ1) is 22.7. The molecule has 1 aromatic heterocycles. The Balaban J connectivity index is 1.59. The van der Waals surface area contributed by atoms with E-state index in [1.165, 1.54) is 17.2 Å². The topological polar surface area (TPSA) is 89.6 Å². The first-order valence-electron chi connectivity index (χ1n) is 9.76. The number of halogens is 5. The number of nitrogens with one attached hydrogen (secondary N) is 3. The second-order valence-electron chi connectivity index (χ2n) is 7.66. The van der Waals surface area contributed by atoms with Crippen molar-refractivity contribution in [2.75, 3.05) is 18.4 Å². The molecule has 0 aromatic carbocycles. The molecule has 0 spiro atoms. The van der Waals surface area contributed by atoms with Crippen LogP contribution in [0.3, 0.4) is 0 Å². The molecule has 13 heteroatoms. The third-order valence-corrected chi connectivity index (χ3v) is 6.29. The van der Waals surface area contributed by atoms with Crippen LogP contribution in [-0.2, 0) is 4.79 Å². The van der Waals surface area contributed by atoms with Gasteiger partial charge in [0.2, 0.25) is 5.91 Å². The Labute approximate surface area is 195 Å². The van der Waals surface area contributed by atoms with Crippen molar-refractivity contribution in [3.05, 3.63) is 45.4 Å². The molecule has 3 amide bonds. The van der Waals surface area contributed by atoms with Gasteiger partial charge in [0.05, 0.1) is 16.8 Å². The highest BCUT2D eigenvalue weighted by Gasteiger charge is 2.45. The molecule has 1 unspecified atom stereocenters. The average Bonchev–Trinajstić information content (AvgIpc) is 3.12. The number of rotatable bonds is 3. The second-order valence-corrected chi connectivity index (χ2v) is 9.01. The summed E-state index contributed by atoms with van der Waals surface area (Å²) in [5, 5.41) is 7.57. The first-order valence-corrected chi connectivity index (χ1v) is 10.9. The molecule has 32 heavy (non-hydrogen) atoms. The van der Waals surface area contributed by atoms with Gasteiger partial charge in [0, 0.05) is 23.8 Å². The number of anilines is 1. The Morgan fingerprint density at radius 2 is 2.16 bits per heavy atom. The molecule has 0 aliphatic carbocycles. The molecule has 0 radical (unpaired) electrons. The Kier molecular flexibility index (Phi) is 6.01. The SMILES string of the molecule is C[C@@H](NC(=O)C1NC2=C(C=C1Cl)N1CC[C@@H](C1)N2C(=O)Nc1cc(Br)ccn1)C(F)(F)F. The van der Waals surface area contributed by atoms with Crippen molar-refractivity contribution in [3.63, 3.8) is 0 Å². The van der Waals surface area contributed by atoms with E-state index in [2.05, 4.69) is 31.5 Å². The molecule has 1 fully saturated rings. The van der Waals surface area contributed by atoms with Gasteiger partial charge in [-0.3, -0.25) is 15.0 Å². The Hall–Kier alpha value is -2.47. The van der Waals surface area contributed by atoms with E-state index in [4.69, 9.17) is 11.6 Å². The quantitative estimate of drug-likeness (QED) is 0.554. The third-order valence-electron chi connectivity index (χ3n) is 5.47. The number of hydrogen-bond donors (Lipinski definition) is 3. The van der Waals surface area contributed by atoms with E-state index in [9.17, 15) is 22.8 Å². The molecule has 4 heterocycles. The van der Waals surface area contributed by atoms with Crippen LogP contribution in [-0.4, -0.2) is 64.1 Å². The van der Waals surface area contributed by atoms with Crippen LogP contribution >= 0.6 is 27.5 Å². The summed E-state index contributed by atoms with van der Waals surface area (Å²) in [5.74, 6) is -0.301. The minimum Gasteiger partial charge on any atom is -0.366 e. The predicted molar refractivity (Wildman–Crippen MR) is 114 cm³/mol. The van der Waals surface area contributed by atoms with E-state index in [-0.39, 0.29) is 11.1 Å². The lowest BCUT2D eigenvalue weighted by Crippen LogP contribution is -2.58. The standard InChI is InChI=1S/C19H19BrClF3N6O2/c1-9(19(22,23)24)26-17(31)15-12(21)7-13-16(28-15)30(11-3-5-29(13)8-11)18(32)27-14-6-10(20)2-4-25-14/h2,4,6-7,9,11,15,28H,3,5,8H2,1H3,(H,26,31)(H,25,27,32)/t9-,11+,15?/m1/s1. The number of dihydropyridines is 1. The maximum atomic E-state index is 13.2. The van der Waals surface area contributed by atoms with Crippen LogP contribution in [0.25, 0.3) is 0 Å². The number of aromatic nitrogens is 1. The summed E-state index contributed by atoms with van der Waals surface area (Å²) in [6.45, 7) is 2.09. The minimum atomic E-state index is -4.59. The van der Waals surface area contributed by atoms with Gasteiger partial charge in [-0.2, -0.15) is 13.2 Å². The van der Waals surface area contributed by atoms with Gasteiger partial charge in [0.1, 0.15) is 23.7 Å². The Bertz CT molecular complexity index is 1020. The molecule has 1 saturated heterocycles. The van der Waals surface area contributed by atoms with Gasteiger partial charge in [-0.1, -0.05) is 27.5 Å². The summed E-state index contributed by atoms with van der Waals surface area (Å²) in [6, 6.07) is -0.624. The first-order chi connectivity index (χ1) is 15.0. The molecule has 1 aromatic rings. The number of amides is 3. The maximum absolute atomic E-state index is 13.2. The lowest BCUT2D eigenvalue weighted by atomic mass is 10.1. The number of fused-ring (bicyclic) bond motifs is 3. The maximum Gasteiger partial charge on any atom is 0.408 e. The van der Waals surface area contributed by atoms with E-state index in [1.807, 2.05) is 10.2 Å². The van der Waals surface area contributed by atoms with Crippen LogP contribution in [0.5, 0.6) is 0 Å². The van der Waals surface area contributed by atoms with Crippen molar-refractivity contribution in [1.82, 2.24) is 25.4 Å². The molecule has 3 atom stereocenters. The zero-order valence-electron chi connectivity index (χ0n) is 16.7. The lowest BCUT2D eigenvalue weighted by molar-refractivity contribution is -0.158. The Morgan fingerprint density at radius 1 is 1.41 bits per heavy atom. The summed E-state index contributed by atoms with van der Waals surface area (Å²) < 4.78 is 39.4. The number of urea groups is 1. The van der Waals surface area contributed by atoms with E-state index in [0.717, 1.165) is 11.4 Å². The van der Waals surface area contributed by atoms with Crippen molar-refractivity contribution >= 4 is 45.3 Å². The number of alkyl halides is 3. The molecule has 4 rings (SSSR count). The second kappa shape index (κ2) is 8.47. The number of allylic oxidation sites excluding steroid dienone is 1. The fourth-order valence-electron chi connectivity index (χ4n) is 3.83. The molecular weight excluding hydrogens is 517 g/mol. The molecule has 0 saturated carbocycles. The van der Waals surface area contributed by atoms with Crippen LogP contribution in [0.2, 0.25) is 0 Å². The number of hydrogen-bond acceptors (Lipinski definition) is 5. The van der Waals surface area contributed by atoms with Crippen LogP contribution < -0.4 is 16.0 Å². The smallest absolute Gasteiger partial charge is 0.366 e. The summed E-state index contributed by atoms with van der Waals surface area (Å²) in [4.78, 5) is 33.3. The highest BCUT2D eigenvalue weighted by Crippen LogP contribution is 2.36. The molecular formula is C19H19BrClF3N6O2. The number of carbonyl (C=O) groups is 2. The van der Waals surface area contributed by atoms with E-state index >= 15 is 0 Å². The highest BCUT2D eigenvalue weighted by molar-refractivity contribution is 9.10. The Morgan fingerprint density at radius 3 is 2.84 bits per heavy atom. The molecule has 2 bridgehead atoms. The van der Waals surface area contributed by atoms with Gasteiger partial charge in [-0.15, -0.1) is 0 Å². The number of pyridine rings is 1. The zero-order chi connectivity index (χ0) is 23.2. The fourth-order valence-corrected chi connectivity index (χ4v) is 4.42. The molecule has 3 aliphatic heterocycles. The monoisotopic (exact) mass is 534 g/mol. The summed E-state index contributed by atoms with van der Waals surface area (Å²) in [7, 11) is 0. The zero-order valence-corrected chi connectivity index (χ0v) is 19.1. The number of carbonyl (C=O) groups excluding carboxylic acids is 2. The molecule has 172 valence electrons. The van der Waals surface area contributed by atoms with Crippen LogP contribution in [0.1, 0.15) is 13.3 Å². The lowest BCUT2D eigenvalue weighted by Gasteiger charge is -2.41. The van der Waals surface area contributed by atoms with Gasteiger partial charge in [0.15, 0.2) is 0 Å². The minimum absolute atomic E-state index is 0.0370. The average molecular weight is 536 g/mol. The van der Waals surface area contributed by atoms with Crippen molar-refractivity contribution < 1.29 is 22.8 Å². The summed E-state index contributed by atoms with van der Waals surface area (Å²) >= 11 is 9.59. The highest BCUT2D eigenvalue weighted by atomic mass is 79.9.